The van der Waals surface area contributed by atoms with Crippen LogP contribution in [0.3, 0.4) is 0 Å². The van der Waals surface area contributed by atoms with Gasteiger partial charge in [0.05, 0.1) is 0 Å². The number of anilines is 1. The maximum absolute atomic E-state index is 6.73. The molecule has 0 unspecified atom stereocenters. The first kappa shape index (κ1) is 24.7. The molecule has 1 aromatic heterocycles. The topological polar surface area (TPSA) is 59.9 Å². The van der Waals surface area contributed by atoms with Crippen molar-refractivity contribution in [3.63, 3.8) is 0 Å². The number of aromatic nitrogens is 3. The summed E-state index contributed by atoms with van der Waals surface area (Å²) in [5.74, 6) is 2.68. The summed E-state index contributed by atoms with van der Waals surface area (Å²) in [5.41, 5.74) is 5.70. The zero-order chi connectivity index (χ0) is 25.6. The second-order valence-electron chi connectivity index (χ2n) is 11.3. The number of fused-ring (bicyclic) bond motifs is 4. The molecule has 1 N–H and O–H groups in total. The summed E-state index contributed by atoms with van der Waals surface area (Å²) in [5, 5.41) is 14.1. The molecule has 2 aromatic carbocycles. The Morgan fingerprint density at radius 2 is 1.92 bits per heavy atom. The first-order valence-corrected chi connectivity index (χ1v) is 14.6. The fourth-order valence-corrected chi connectivity index (χ4v) is 7.34. The number of ether oxygens (including phenoxy) is 1. The summed E-state index contributed by atoms with van der Waals surface area (Å²) < 4.78 is 6.73. The lowest BCUT2D eigenvalue weighted by molar-refractivity contribution is 0.0519. The lowest BCUT2D eigenvalue weighted by Gasteiger charge is -2.48. The molecule has 2 heterocycles. The van der Waals surface area contributed by atoms with E-state index in [4.69, 9.17) is 21.3 Å². The van der Waals surface area contributed by atoms with Gasteiger partial charge >= 0.3 is 0 Å². The second-order valence-corrected chi connectivity index (χ2v) is 12.6. The lowest BCUT2D eigenvalue weighted by Crippen LogP contribution is -2.45. The Bertz CT molecular complexity index is 1340. The molecule has 1 aliphatic heterocycles. The number of nitrogens with zero attached hydrogens (tertiary/aromatic N) is 3. The van der Waals surface area contributed by atoms with Crippen LogP contribution in [-0.4, -0.2) is 21.4 Å². The molecule has 0 amide bonds. The molecule has 1 fully saturated rings. The Labute approximate surface area is 228 Å². The lowest BCUT2D eigenvalue weighted by atomic mass is 9.59. The average Bonchev–Trinajstić information content (AvgIpc) is 3.04. The molecule has 3 aliphatic rings. The van der Waals surface area contributed by atoms with Gasteiger partial charge in [0.15, 0.2) is 11.9 Å². The molecule has 0 saturated heterocycles. The third-order valence-electron chi connectivity index (χ3n) is 8.44. The SMILES string of the molecule is C[C@@H]1CC2=CCCC(C)(C)[C@@H]2C[C@H]1[C@@H]1Nc2ccccc2-c2nnc(SCc3ccccc3Cl)nc2O1. The van der Waals surface area contributed by atoms with Crippen LogP contribution in [0.25, 0.3) is 11.3 Å². The molecule has 37 heavy (non-hydrogen) atoms. The standard InChI is InChI=1S/C30H33ClN4OS/c1-18-15-19-10-8-14-30(2,3)23(19)16-22(18)27-32-25-13-7-5-11-21(25)26-28(36-27)33-29(35-34-26)37-17-20-9-4-6-12-24(20)31/h4-7,9-13,18,22-23,27,32H,8,14-17H2,1-3H3/t18-,22-,23-,27-/m1/s1. The fourth-order valence-electron chi connectivity index (χ4n) is 6.27. The highest BCUT2D eigenvalue weighted by Gasteiger charge is 2.44. The fraction of sp³-hybridized carbons (Fsp3) is 0.433. The number of rotatable bonds is 4. The minimum Gasteiger partial charge on any atom is -0.452 e. The van der Waals surface area contributed by atoms with Gasteiger partial charge in [0, 0.05) is 27.9 Å². The third kappa shape index (κ3) is 4.86. The van der Waals surface area contributed by atoms with Crippen molar-refractivity contribution >= 4 is 29.1 Å². The Morgan fingerprint density at radius 1 is 1.11 bits per heavy atom. The maximum Gasteiger partial charge on any atom is 0.247 e. The van der Waals surface area contributed by atoms with Crippen molar-refractivity contribution in [2.24, 2.45) is 23.2 Å². The number of hydrogen-bond donors (Lipinski definition) is 1. The molecular formula is C30H33ClN4OS. The minimum absolute atomic E-state index is 0.185. The van der Waals surface area contributed by atoms with Crippen LogP contribution >= 0.6 is 23.4 Å². The van der Waals surface area contributed by atoms with E-state index in [1.165, 1.54) is 24.6 Å². The number of thioether (sulfide) groups is 1. The summed E-state index contributed by atoms with van der Waals surface area (Å²) in [4.78, 5) is 4.87. The zero-order valence-corrected chi connectivity index (χ0v) is 23.1. The van der Waals surface area contributed by atoms with Crippen LogP contribution in [0.2, 0.25) is 5.02 Å². The summed E-state index contributed by atoms with van der Waals surface area (Å²) in [6.07, 6.45) is 7.02. The zero-order valence-electron chi connectivity index (χ0n) is 21.6. The van der Waals surface area contributed by atoms with Crippen LogP contribution in [0.4, 0.5) is 5.69 Å². The highest BCUT2D eigenvalue weighted by Crippen LogP contribution is 2.52. The summed E-state index contributed by atoms with van der Waals surface area (Å²) in [6, 6.07) is 16.1. The highest BCUT2D eigenvalue weighted by atomic mass is 35.5. The van der Waals surface area contributed by atoms with Gasteiger partial charge in [0.2, 0.25) is 11.0 Å². The molecule has 3 aromatic rings. The predicted octanol–water partition coefficient (Wildman–Crippen LogP) is 8.02. The highest BCUT2D eigenvalue weighted by molar-refractivity contribution is 7.98. The normalized spacial score (nSPS) is 25.9. The molecule has 2 aliphatic carbocycles. The maximum atomic E-state index is 6.73. The average molecular weight is 533 g/mol. The number of halogens is 1. The molecule has 0 spiro atoms. The largest absolute Gasteiger partial charge is 0.452 e. The predicted molar refractivity (Wildman–Crippen MR) is 151 cm³/mol. The number of benzene rings is 2. The van der Waals surface area contributed by atoms with Crippen molar-refractivity contribution in [2.75, 3.05) is 5.32 Å². The first-order chi connectivity index (χ1) is 17.9. The third-order valence-corrected chi connectivity index (χ3v) is 9.70. The smallest absolute Gasteiger partial charge is 0.247 e. The van der Waals surface area contributed by atoms with Gasteiger partial charge in [0.1, 0.15) is 0 Å². The van der Waals surface area contributed by atoms with Gasteiger partial charge in [-0.3, -0.25) is 0 Å². The van der Waals surface area contributed by atoms with Gasteiger partial charge in [-0.25, -0.2) is 0 Å². The number of nitrogens with one attached hydrogen (secondary N) is 1. The molecule has 7 heteroatoms. The summed E-state index contributed by atoms with van der Waals surface area (Å²) in [6.45, 7) is 7.24. The Hall–Kier alpha value is -2.57. The van der Waals surface area contributed by atoms with Gasteiger partial charge in [-0.05, 0) is 60.6 Å². The van der Waals surface area contributed by atoms with Crippen molar-refractivity contribution in [3.05, 3.63) is 70.8 Å². The van der Waals surface area contributed by atoms with E-state index < -0.39 is 0 Å². The first-order valence-electron chi connectivity index (χ1n) is 13.2. The molecule has 0 bridgehead atoms. The Kier molecular flexibility index (Phi) is 6.66. The van der Waals surface area contributed by atoms with E-state index in [9.17, 15) is 0 Å². The number of allylic oxidation sites excluding steroid dienone is 2. The van der Waals surface area contributed by atoms with Crippen LogP contribution < -0.4 is 10.1 Å². The van der Waals surface area contributed by atoms with Crippen molar-refractivity contribution < 1.29 is 4.74 Å². The Balaban J connectivity index is 1.31. The molecular weight excluding hydrogens is 500 g/mol. The van der Waals surface area contributed by atoms with Crippen LogP contribution in [0.5, 0.6) is 5.88 Å². The van der Waals surface area contributed by atoms with Gasteiger partial charge < -0.3 is 10.1 Å². The van der Waals surface area contributed by atoms with Crippen molar-refractivity contribution in [2.45, 2.75) is 63.6 Å². The van der Waals surface area contributed by atoms with E-state index in [1.807, 2.05) is 30.3 Å². The van der Waals surface area contributed by atoms with E-state index in [0.29, 0.717) is 45.7 Å². The van der Waals surface area contributed by atoms with Crippen molar-refractivity contribution in [3.8, 4) is 17.1 Å². The van der Waals surface area contributed by atoms with E-state index in [0.717, 1.165) is 34.7 Å². The van der Waals surface area contributed by atoms with Crippen molar-refractivity contribution in [1.82, 2.24) is 15.2 Å². The van der Waals surface area contributed by atoms with Crippen LogP contribution in [0.15, 0.2) is 65.3 Å². The second kappa shape index (κ2) is 9.95. The van der Waals surface area contributed by atoms with Crippen molar-refractivity contribution in [1.29, 1.82) is 0 Å². The van der Waals surface area contributed by atoms with E-state index in [2.05, 4.69) is 60.6 Å². The Morgan fingerprint density at radius 3 is 2.78 bits per heavy atom. The van der Waals surface area contributed by atoms with E-state index in [-0.39, 0.29) is 6.23 Å². The van der Waals surface area contributed by atoms with Gasteiger partial charge in [-0.2, -0.15) is 4.98 Å². The van der Waals surface area contributed by atoms with Crippen LogP contribution in [0.1, 0.15) is 52.0 Å². The molecule has 192 valence electrons. The van der Waals surface area contributed by atoms with E-state index >= 15 is 0 Å². The molecule has 0 radical (unpaired) electrons. The molecule has 4 atom stereocenters. The van der Waals surface area contributed by atoms with Gasteiger partial charge in [0.25, 0.3) is 0 Å². The van der Waals surface area contributed by atoms with Crippen LogP contribution in [-0.2, 0) is 5.75 Å². The molecule has 1 saturated carbocycles. The van der Waals surface area contributed by atoms with E-state index in [1.54, 1.807) is 5.57 Å². The summed E-state index contributed by atoms with van der Waals surface area (Å²) in [7, 11) is 0. The number of hydrogen-bond acceptors (Lipinski definition) is 6. The molecule has 6 rings (SSSR count). The van der Waals surface area contributed by atoms with Gasteiger partial charge in [-0.15, -0.1) is 10.2 Å². The number of para-hydroxylation sites is 1. The monoisotopic (exact) mass is 532 g/mol. The quantitative estimate of drug-likeness (QED) is 0.271. The van der Waals surface area contributed by atoms with Gasteiger partial charge in [-0.1, -0.05) is 92.2 Å². The molecule has 5 nitrogen and oxygen atoms in total. The summed E-state index contributed by atoms with van der Waals surface area (Å²) >= 11 is 7.89. The minimum atomic E-state index is -0.185. The van der Waals surface area contributed by atoms with Crippen LogP contribution in [0, 0.1) is 23.2 Å².